The Morgan fingerprint density at radius 2 is 1.85 bits per heavy atom. The standard InChI is InChI=1S/C23H18BrN3O6/c1-3-13-9-15(24)5-7-18(13)25-20(28)11-32-23(31)14-4-6-16-17(10-14)22(30)27(21(16)29)19-8-12(2)33-26-19/h4-10H,3,11H2,1-2H3,(H,25,28). The van der Waals surface area contributed by atoms with E-state index in [0.717, 1.165) is 14.9 Å². The zero-order valence-corrected chi connectivity index (χ0v) is 19.3. The van der Waals surface area contributed by atoms with E-state index < -0.39 is 30.3 Å². The summed E-state index contributed by atoms with van der Waals surface area (Å²) in [7, 11) is 0. The van der Waals surface area contributed by atoms with Crippen LogP contribution in [0.2, 0.25) is 0 Å². The van der Waals surface area contributed by atoms with Crippen molar-refractivity contribution in [1.29, 1.82) is 0 Å². The summed E-state index contributed by atoms with van der Waals surface area (Å²) in [5.74, 6) is -1.98. The number of fused-ring (bicyclic) bond motifs is 1. The quantitative estimate of drug-likeness (QED) is 0.393. The lowest BCUT2D eigenvalue weighted by Gasteiger charge is -2.11. The molecule has 0 radical (unpaired) electrons. The van der Waals surface area contributed by atoms with Crippen LogP contribution in [-0.2, 0) is 16.0 Å². The number of carbonyl (C=O) groups is 4. The highest BCUT2D eigenvalue weighted by Crippen LogP contribution is 2.29. The molecule has 1 aliphatic rings. The van der Waals surface area contributed by atoms with E-state index >= 15 is 0 Å². The average Bonchev–Trinajstić information content (AvgIpc) is 3.33. The first-order chi connectivity index (χ1) is 15.8. The Balaban J connectivity index is 1.43. The average molecular weight is 512 g/mol. The molecule has 168 valence electrons. The molecule has 9 nitrogen and oxygen atoms in total. The predicted octanol–water partition coefficient (Wildman–Crippen LogP) is 3.90. The van der Waals surface area contributed by atoms with Gasteiger partial charge in [-0.3, -0.25) is 14.4 Å². The summed E-state index contributed by atoms with van der Waals surface area (Å²) in [6.45, 7) is 3.09. The number of hydrogen-bond donors (Lipinski definition) is 1. The Morgan fingerprint density at radius 3 is 2.55 bits per heavy atom. The molecule has 0 spiro atoms. The Kier molecular flexibility index (Phi) is 6.10. The number of aryl methyl sites for hydroxylation is 2. The molecule has 2 aromatic carbocycles. The van der Waals surface area contributed by atoms with Gasteiger partial charge in [0.25, 0.3) is 17.7 Å². The molecular formula is C23H18BrN3O6. The molecule has 1 aliphatic heterocycles. The highest BCUT2D eigenvalue weighted by atomic mass is 79.9. The fourth-order valence-corrected chi connectivity index (χ4v) is 3.82. The van der Waals surface area contributed by atoms with Crippen LogP contribution in [0.25, 0.3) is 0 Å². The second-order valence-electron chi connectivity index (χ2n) is 7.28. The van der Waals surface area contributed by atoms with Gasteiger partial charge in [0.1, 0.15) is 5.76 Å². The number of halogens is 1. The number of amides is 3. The van der Waals surface area contributed by atoms with Gasteiger partial charge in [-0.1, -0.05) is 28.0 Å². The van der Waals surface area contributed by atoms with Crippen LogP contribution in [0.5, 0.6) is 0 Å². The topological polar surface area (TPSA) is 119 Å². The Labute approximate surface area is 196 Å². The largest absolute Gasteiger partial charge is 0.452 e. The van der Waals surface area contributed by atoms with E-state index in [9.17, 15) is 19.2 Å². The highest BCUT2D eigenvalue weighted by molar-refractivity contribution is 9.10. The first kappa shape index (κ1) is 22.4. The minimum Gasteiger partial charge on any atom is -0.452 e. The molecule has 0 saturated heterocycles. The lowest BCUT2D eigenvalue weighted by molar-refractivity contribution is -0.119. The molecule has 0 saturated carbocycles. The summed E-state index contributed by atoms with van der Waals surface area (Å²) < 4.78 is 10.9. The number of esters is 1. The number of nitrogens with zero attached hydrogens (tertiary/aromatic N) is 2. The molecule has 0 aliphatic carbocycles. The summed E-state index contributed by atoms with van der Waals surface area (Å²) in [6, 6.07) is 10.9. The molecule has 0 fully saturated rings. The lowest BCUT2D eigenvalue weighted by atomic mass is 10.1. The Hall–Kier alpha value is -3.79. The molecule has 0 bridgehead atoms. The van der Waals surface area contributed by atoms with Gasteiger partial charge < -0.3 is 14.6 Å². The van der Waals surface area contributed by atoms with Crippen LogP contribution >= 0.6 is 15.9 Å². The Bertz CT molecular complexity index is 1300. The van der Waals surface area contributed by atoms with Gasteiger partial charge in [0.2, 0.25) is 0 Å². The van der Waals surface area contributed by atoms with E-state index in [1.165, 1.54) is 24.3 Å². The van der Waals surface area contributed by atoms with Crippen molar-refractivity contribution in [3.05, 3.63) is 75.0 Å². The summed E-state index contributed by atoms with van der Waals surface area (Å²) in [4.78, 5) is 51.0. The number of imide groups is 1. The van der Waals surface area contributed by atoms with Crippen LogP contribution in [0.3, 0.4) is 0 Å². The van der Waals surface area contributed by atoms with Crippen molar-refractivity contribution in [3.63, 3.8) is 0 Å². The van der Waals surface area contributed by atoms with Crippen LogP contribution in [0, 0.1) is 6.92 Å². The number of nitrogens with one attached hydrogen (secondary N) is 1. The number of carbonyl (C=O) groups excluding carboxylic acids is 4. The van der Waals surface area contributed by atoms with Crippen LogP contribution in [0.15, 0.2) is 51.5 Å². The molecule has 10 heteroatoms. The maximum absolute atomic E-state index is 12.7. The van der Waals surface area contributed by atoms with E-state index in [2.05, 4.69) is 26.4 Å². The molecule has 3 aromatic rings. The zero-order valence-electron chi connectivity index (χ0n) is 17.7. The smallest absolute Gasteiger partial charge is 0.338 e. The fourth-order valence-electron chi connectivity index (χ4n) is 3.41. The van der Waals surface area contributed by atoms with Crippen molar-refractivity contribution in [3.8, 4) is 0 Å². The normalized spacial score (nSPS) is 12.6. The Morgan fingerprint density at radius 1 is 1.09 bits per heavy atom. The minimum atomic E-state index is -0.796. The second-order valence-corrected chi connectivity index (χ2v) is 8.20. The third-order valence-electron chi connectivity index (χ3n) is 5.02. The van der Waals surface area contributed by atoms with Crippen LogP contribution in [-0.4, -0.2) is 35.5 Å². The number of hydrogen-bond acceptors (Lipinski definition) is 7. The lowest BCUT2D eigenvalue weighted by Crippen LogP contribution is -2.29. The van der Waals surface area contributed by atoms with Gasteiger partial charge in [-0.05, 0) is 55.3 Å². The van der Waals surface area contributed by atoms with Crippen molar-refractivity contribution in [1.82, 2.24) is 5.16 Å². The van der Waals surface area contributed by atoms with Gasteiger partial charge >= 0.3 is 5.97 Å². The molecule has 0 unspecified atom stereocenters. The summed E-state index contributed by atoms with van der Waals surface area (Å²) in [5, 5.41) is 6.43. The monoisotopic (exact) mass is 511 g/mol. The van der Waals surface area contributed by atoms with Crippen LogP contribution in [0.1, 0.15) is 49.3 Å². The number of aromatic nitrogens is 1. The second kappa shape index (κ2) is 8.99. The van der Waals surface area contributed by atoms with Gasteiger partial charge in [-0.2, -0.15) is 0 Å². The summed E-state index contributed by atoms with van der Waals surface area (Å²) in [6.07, 6.45) is 0.710. The molecule has 3 amide bonds. The van der Waals surface area contributed by atoms with Crippen molar-refractivity contribution in [2.24, 2.45) is 0 Å². The van der Waals surface area contributed by atoms with Gasteiger partial charge in [-0.25, -0.2) is 9.69 Å². The van der Waals surface area contributed by atoms with E-state index in [4.69, 9.17) is 9.26 Å². The molecule has 0 atom stereocenters. The third kappa shape index (κ3) is 4.42. The maximum atomic E-state index is 12.7. The van der Waals surface area contributed by atoms with E-state index in [1.54, 1.807) is 19.1 Å². The van der Waals surface area contributed by atoms with Gasteiger partial charge in [0, 0.05) is 16.2 Å². The molecule has 2 heterocycles. The summed E-state index contributed by atoms with van der Waals surface area (Å²) >= 11 is 3.39. The fraction of sp³-hybridized carbons (Fsp3) is 0.174. The van der Waals surface area contributed by atoms with Crippen molar-refractivity contribution in [2.45, 2.75) is 20.3 Å². The van der Waals surface area contributed by atoms with Crippen LogP contribution in [0.4, 0.5) is 11.5 Å². The van der Waals surface area contributed by atoms with Crippen molar-refractivity contribution in [2.75, 3.05) is 16.8 Å². The van der Waals surface area contributed by atoms with Crippen LogP contribution < -0.4 is 10.2 Å². The molecule has 1 aromatic heterocycles. The first-order valence-corrected chi connectivity index (χ1v) is 10.8. The van der Waals surface area contributed by atoms with E-state index in [1.807, 2.05) is 13.0 Å². The maximum Gasteiger partial charge on any atom is 0.338 e. The van der Waals surface area contributed by atoms with Crippen molar-refractivity contribution < 1.29 is 28.4 Å². The highest BCUT2D eigenvalue weighted by Gasteiger charge is 2.38. The van der Waals surface area contributed by atoms with E-state index in [0.29, 0.717) is 17.9 Å². The number of benzene rings is 2. The predicted molar refractivity (Wildman–Crippen MR) is 121 cm³/mol. The number of rotatable bonds is 6. The molecular weight excluding hydrogens is 494 g/mol. The molecule has 33 heavy (non-hydrogen) atoms. The van der Waals surface area contributed by atoms with E-state index in [-0.39, 0.29) is 22.5 Å². The minimum absolute atomic E-state index is 0.0405. The SMILES string of the molecule is CCc1cc(Br)ccc1NC(=O)COC(=O)c1ccc2c(c1)C(=O)N(c1cc(C)on1)C2=O. The first-order valence-electron chi connectivity index (χ1n) is 10.00. The number of anilines is 2. The van der Waals surface area contributed by atoms with Gasteiger partial charge in [0.05, 0.1) is 16.7 Å². The molecule has 1 N–H and O–H groups in total. The zero-order chi connectivity index (χ0) is 23.7. The number of ether oxygens (including phenoxy) is 1. The van der Waals surface area contributed by atoms with Gasteiger partial charge in [-0.15, -0.1) is 0 Å². The summed E-state index contributed by atoms with van der Waals surface area (Å²) in [5.41, 5.74) is 1.78. The van der Waals surface area contributed by atoms with Gasteiger partial charge in [0.15, 0.2) is 12.4 Å². The molecule has 4 rings (SSSR count). The van der Waals surface area contributed by atoms with Crippen molar-refractivity contribution >= 4 is 51.1 Å². The third-order valence-corrected chi connectivity index (χ3v) is 5.52.